The lowest BCUT2D eigenvalue weighted by Gasteiger charge is -2.42. The quantitative estimate of drug-likeness (QED) is 0.900. The van der Waals surface area contributed by atoms with Gasteiger partial charge in [-0.2, -0.15) is 5.26 Å². The molecule has 0 radical (unpaired) electrons. The van der Waals surface area contributed by atoms with Crippen LogP contribution in [0.1, 0.15) is 30.5 Å². The minimum absolute atomic E-state index is 0.0306. The Kier molecular flexibility index (Phi) is 4.81. The SMILES string of the molecule is Cc1c(C#N)ccc2c1C(n1ccccc1=O)=C(N(C)CCO)C(C)(C)O2. The molecule has 0 spiro atoms. The topological polar surface area (TPSA) is 78.5 Å². The number of aliphatic hydroxyl groups is 1. The van der Waals surface area contributed by atoms with Crippen molar-refractivity contribution in [2.75, 3.05) is 20.2 Å². The van der Waals surface area contributed by atoms with Gasteiger partial charge >= 0.3 is 0 Å². The second kappa shape index (κ2) is 6.93. The van der Waals surface area contributed by atoms with Gasteiger partial charge in [-0.1, -0.05) is 6.07 Å². The normalized spacial score (nSPS) is 15.0. The van der Waals surface area contributed by atoms with Crippen molar-refractivity contribution in [3.05, 3.63) is 69.3 Å². The summed E-state index contributed by atoms with van der Waals surface area (Å²) in [7, 11) is 1.86. The van der Waals surface area contributed by atoms with E-state index in [-0.39, 0.29) is 12.2 Å². The van der Waals surface area contributed by atoms with Gasteiger partial charge in [0.15, 0.2) is 0 Å². The van der Waals surface area contributed by atoms with Crippen LogP contribution in [0.5, 0.6) is 5.75 Å². The predicted molar refractivity (Wildman–Crippen MR) is 103 cm³/mol. The zero-order chi connectivity index (χ0) is 19.8. The fourth-order valence-corrected chi connectivity index (χ4v) is 3.66. The summed E-state index contributed by atoms with van der Waals surface area (Å²) in [6, 6.07) is 10.7. The summed E-state index contributed by atoms with van der Waals surface area (Å²) in [5.74, 6) is 0.628. The van der Waals surface area contributed by atoms with Crippen molar-refractivity contribution in [3.63, 3.8) is 0 Å². The van der Waals surface area contributed by atoms with Crippen LogP contribution in [0.2, 0.25) is 0 Å². The van der Waals surface area contributed by atoms with Crippen LogP contribution >= 0.6 is 0 Å². The van der Waals surface area contributed by atoms with Crippen molar-refractivity contribution in [1.29, 1.82) is 5.26 Å². The van der Waals surface area contributed by atoms with Gasteiger partial charge in [0.1, 0.15) is 11.4 Å². The number of benzene rings is 1. The fourth-order valence-electron chi connectivity index (χ4n) is 3.66. The minimum Gasteiger partial charge on any atom is -0.481 e. The molecule has 2 heterocycles. The van der Waals surface area contributed by atoms with Crippen molar-refractivity contribution < 1.29 is 9.84 Å². The fraction of sp³-hybridized carbons (Fsp3) is 0.333. The zero-order valence-corrected chi connectivity index (χ0v) is 16.0. The second-order valence-electron chi connectivity index (χ2n) is 7.09. The van der Waals surface area contributed by atoms with E-state index in [0.29, 0.717) is 23.6 Å². The summed E-state index contributed by atoms with van der Waals surface area (Å²) >= 11 is 0. The molecule has 0 unspecified atom stereocenters. The Bertz CT molecular complexity index is 1010. The molecule has 6 heteroatoms. The Morgan fingerprint density at radius 3 is 2.67 bits per heavy atom. The molecule has 0 saturated heterocycles. The highest BCUT2D eigenvalue weighted by molar-refractivity contribution is 5.79. The molecule has 0 amide bonds. The smallest absolute Gasteiger partial charge is 0.255 e. The molecule has 0 fully saturated rings. The van der Waals surface area contributed by atoms with Crippen LogP contribution in [0, 0.1) is 18.3 Å². The lowest BCUT2D eigenvalue weighted by Crippen LogP contribution is -2.44. The number of aliphatic hydroxyl groups excluding tert-OH is 1. The third-order valence-corrected chi connectivity index (χ3v) is 4.82. The maximum atomic E-state index is 12.7. The molecule has 6 nitrogen and oxygen atoms in total. The van der Waals surface area contributed by atoms with E-state index in [4.69, 9.17) is 4.74 Å². The predicted octanol–water partition coefficient (Wildman–Crippen LogP) is 2.34. The molecule has 0 saturated carbocycles. The minimum atomic E-state index is -0.734. The lowest BCUT2D eigenvalue weighted by molar-refractivity contribution is 0.103. The van der Waals surface area contributed by atoms with Gasteiger partial charge in [-0.15, -0.1) is 0 Å². The molecule has 2 aromatic rings. The Labute approximate surface area is 158 Å². The van der Waals surface area contributed by atoms with Gasteiger partial charge in [0.25, 0.3) is 5.56 Å². The van der Waals surface area contributed by atoms with Crippen LogP contribution in [0.3, 0.4) is 0 Å². The number of aromatic nitrogens is 1. The highest BCUT2D eigenvalue weighted by Crippen LogP contribution is 2.44. The number of nitriles is 1. The van der Waals surface area contributed by atoms with E-state index in [1.54, 1.807) is 35.0 Å². The Morgan fingerprint density at radius 2 is 2.04 bits per heavy atom. The first-order valence-corrected chi connectivity index (χ1v) is 8.79. The average Bonchev–Trinajstić information content (AvgIpc) is 2.61. The molecule has 0 atom stereocenters. The molecule has 0 aliphatic carbocycles. The summed E-state index contributed by atoms with van der Waals surface area (Å²) in [4.78, 5) is 14.6. The molecule has 3 rings (SSSR count). The molecule has 1 N–H and O–H groups in total. The molecule has 1 aromatic heterocycles. The van der Waals surface area contributed by atoms with Crippen LogP contribution in [-0.2, 0) is 0 Å². The monoisotopic (exact) mass is 365 g/mol. The highest BCUT2D eigenvalue weighted by Gasteiger charge is 2.39. The summed E-state index contributed by atoms with van der Waals surface area (Å²) in [5.41, 5.74) is 2.55. The van der Waals surface area contributed by atoms with E-state index in [9.17, 15) is 15.2 Å². The van der Waals surface area contributed by atoms with E-state index in [0.717, 1.165) is 16.8 Å². The van der Waals surface area contributed by atoms with E-state index < -0.39 is 5.60 Å². The summed E-state index contributed by atoms with van der Waals surface area (Å²) in [6.45, 7) is 6.08. The van der Waals surface area contributed by atoms with Crippen molar-refractivity contribution in [2.24, 2.45) is 0 Å². The largest absolute Gasteiger partial charge is 0.481 e. The summed E-state index contributed by atoms with van der Waals surface area (Å²) in [6.07, 6.45) is 1.72. The summed E-state index contributed by atoms with van der Waals surface area (Å²) < 4.78 is 7.85. The first-order valence-electron chi connectivity index (χ1n) is 8.79. The molecule has 140 valence electrons. The number of hydrogen-bond acceptors (Lipinski definition) is 5. The molecule has 1 aliphatic rings. The van der Waals surface area contributed by atoms with Crippen LogP contribution in [-0.4, -0.2) is 40.4 Å². The number of likely N-dealkylation sites (N-methyl/N-ethyl adjacent to an activating group) is 1. The molecule has 1 aromatic carbocycles. The first kappa shape index (κ1) is 18.7. The Balaban J connectivity index is 2.47. The number of hydrogen-bond donors (Lipinski definition) is 1. The van der Waals surface area contributed by atoms with E-state index >= 15 is 0 Å². The van der Waals surface area contributed by atoms with Crippen molar-refractivity contribution in [2.45, 2.75) is 26.4 Å². The van der Waals surface area contributed by atoms with Crippen LogP contribution in [0.4, 0.5) is 0 Å². The van der Waals surface area contributed by atoms with Gasteiger partial charge in [0, 0.05) is 31.4 Å². The number of fused-ring (bicyclic) bond motifs is 1. The van der Waals surface area contributed by atoms with Crippen LogP contribution in [0.15, 0.2) is 47.0 Å². The second-order valence-corrected chi connectivity index (χ2v) is 7.09. The van der Waals surface area contributed by atoms with Crippen LogP contribution in [0.25, 0.3) is 5.70 Å². The first-order chi connectivity index (χ1) is 12.8. The van der Waals surface area contributed by atoms with Crippen molar-refractivity contribution in [3.8, 4) is 11.8 Å². The molecule has 27 heavy (non-hydrogen) atoms. The van der Waals surface area contributed by atoms with Crippen molar-refractivity contribution in [1.82, 2.24) is 9.47 Å². The van der Waals surface area contributed by atoms with E-state index in [2.05, 4.69) is 6.07 Å². The third-order valence-electron chi connectivity index (χ3n) is 4.82. The number of nitrogens with zero attached hydrogens (tertiary/aromatic N) is 3. The van der Waals surface area contributed by atoms with Gasteiger partial charge < -0.3 is 14.7 Å². The van der Waals surface area contributed by atoms with E-state index in [1.165, 1.54) is 6.07 Å². The van der Waals surface area contributed by atoms with Gasteiger partial charge in [-0.05, 0) is 44.5 Å². The van der Waals surface area contributed by atoms with Gasteiger partial charge in [-0.3, -0.25) is 9.36 Å². The number of pyridine rings is 1. The number of ether oxygens (including phenoxy) is 1. The van der Waals surface area contributed by atoms with Crippen molar-refractivity contribution >= 4 is 5.70 Å². The molecule has 0 bridgehead atoms. The summed E-state index contributed by atoms with van der Waals surface area (Å²) in [5, 5.41) is 18.9. The average molecular weight is 365 g/mol. The standard InChI is InChI=1S/C21H23N3O3/c1-14-15(13-22)8-9-16-18(14)19(24-10-6-5-7-17(24)26)20(21(2,3)27-16)23(4)11-12-25/h5-10,25H,11-12H2,1-4H3. The van der Waals surface area contributed by atoms with Gasteiger partial charge in [-0.25, -0.2) is 0 Å². The van der Waals surface area contributed by atoms with Gasteiger partial charge in [0.05, 0.1) is 29.6 Å². The van der Waals surface area contributed by atoms with E-state index in [1.807, 2.05) is 32.7 Å². The Morgan fingerprint density at radius 1 is 1.30 bits per heavy atom. The zero-order valence-electron chi connectivity index (χ0n) is 16.0. The third kappa shape index (κ3) is 3.11. The molecular formula is C21H23N3O3. The maximum absolute atomic E-state index is 12.7. The number of rotatable bonds is 4. The Hall–Kier alpha value is -3.04. The maximum Gasteiger partial charge on any atom is 0.255 e. The molecule has 1 aliphatic heterocycles. The van der Waals surface area contributed by atoms with Gasteiger partial charge in [0.2, 0.25) is 0 Å². The molecular weight excluding hydrogens is 342 g/mol. The highest BCUT2D eigenvalue weighted by atomic mass is 16.5. The van der Waals surface area contributed by atoms with Crippen LogP contribution < -0.4 is 10.3 Å². The lowest BCUT2D eigenvalue weighted by atomic mass is 9.89.